The van der Waals surface area contributed by atoms with Crippen molar-refractivity contribution < 1.29 is 4.79 Å². The highest BCUT2D eigenvalue weighted by molar-refractivity contribution is 6.17. The van der Waals surface area contributed by atoms with E-state index in [1.807, 2.05) is 31.4 Å². The van der Waals surface area contributed by atoms with Gasteiger partial charge in [-0.15, -0.1) is 11.6 Å². The number of likely N-dealkylation sites (N-methyl/N-ethyl adjacent to an activating group) is 1. The number of nitrogens with zero attached hydrogens (tertiary/aromatic N) is 3. The first-order valence-corrected chi connectivity index (χ1v) is 7.29. The Morgan fingerprint density at radius 3 is 2.95 bits per heavy atom. The van der Waals surface area contributed by atoms with Crippen LogP contribution >= 0.6 is 11.6 Å². The average molecular weight is 295 g/mol. The third-order valence-electron chi connectivity index (χ3n) is 3.29. The van der Waals surface area contributed by atoms with E-state index in [-0.39, 0.29) is 11.9 Å². The van der Waals surface area contributed by atoms with Gasteiger partial charge in [-0.2, -0.15) is 0 Å². The molecule has 1 unspecified atom stereocenters. The normalized spacial score (nSPS) is 12.6. The number of pyridine rings is 1. The molecule has 0 saturated heterocycles. The smallest absolute Gasteiger partial charge is 0.242 e. The minimum absolute atomic E-state index is 0.0362. The topological polar surface area (TPSA) is 59.8 Å². The summed E-state index contributed by atoms with van der Waals surface area (Å²) in [6.07, 6.45) is 2.35. The summed E-state index contributed by atoms with van der Waals surface area (Å²) in [4.78, 5) is 21.1. The summed E-state index contributed by atoms with van der Waals surface area (Å²) in [6.45, 7) is 6.35. The molecule has 1 N–H and O–H groups in total. The Morgan fingerprint density at radius 2 is 2.30 bits per heavy atom. The van der Waals surface area contributed by atoms with Crippen LogP contribution in [0, 0.1) is 6.92 Å². The zero-order valence-corrected chi connectivity index (χ0v) is 12.7. The molecular weight excluding hydrogens is 276 g/mol. The van der Waals surface area contributed by atoms with Crippen molar-refractivity contribution in [2.24, 2.45) is 0 Å². The van der Waals surface area contributed by atoms with Crippen molar-refractivity contribution >= 4 is 28.7 Å². The molecule has 2 heterocycles. The summed E-state index contributed by atoms with van der Waals surface area (Å²) in [5.41, 5.74) is 2.63. The lowest BCUT2D eigenvalue weighted by Gasteiger charge is -2.16. The lowest BCUT2D eigenvalue weighted by atomic mass is 10.2. The minimum Gasteiger partial charge on any atom is -0.355 e. The molecule has 0 fully saturated rings. The van der Waals surface area contributed by atoms with Gasteiger partial charge in [-0.1, -0.05) is 0 Å². The van der Waals surface area contributed by atoms with E-state index in [9.17, 15) is 4.79 Å². The molecule has 0 aliphatic carbocycles. The Hall–Kier alpha value is -1.62. The lowest BCUT2D eigenvalue weighted by Crippen LogP contribution is -2.31. The monoisotopic (exact) mass is 294 g/mol. The van der Waals surface area contributed by atoms with Crippen LogP contribution in [0.1, 0.15) is 31.3 Å². The third kappa shape index (κ3) is 2.63. The zero-order chi connectivity index (χ0) is 14.7. The van der Waals surface area contributed by atoms with Gasteiger partial charge in [-0.3, -0.25) is 4.79 Å². The molecule has 1 amide bonds. The largest absolute Gasteiger partial charge is 0.355 e. The van der Waals surface area contributed by atoms with Crippen molar-refractivity contribution in [3.8, 4) is 0 Å². The van der Waals surface area contributed by atoms with Crippen LogP contribution in [-0.4, -0.2) is 32.9 Å². The number of hydrogen-bond donors (Lipinski definition) is 1. The van der Waals surface area contributed by atoms with Crippen LogP contribution in [0.4, 0.5) is 0 Å². The number of amides is 1. The number of fused-ring (bicyclic) bond motifs is 1. The number of alkyl halides is 1. The fraction of sp³-hybridized carbons (Fsp3) is 0.500. The second-order valence-corrected chi connectivity index (χ2v) is 5.09. The summed E-state index contributed by atoms with van der Waals surface area (Å²) < 4.78 is 1.88. The highest BCUT2D eigenvalue weighted by Gasteiger charge is 2.22. The number of carbonyl (C=O) groups excluding carboxylic acids is 1. The highest BCUT2D eigenvalue weighted by Crippen LogP contribution is 2.22. The molecule has 0 aliphatic rings. The Kier molecular flexibility index (Phi) is 4.60. The van der Waals surface area contributed by atoms with Crippen LogP contribution in [0.2, 0.25) is 0 Å². The summed E-state index contributed by atoms with van der Waals surface area (Å²) >= 11 is 5.85. The quantitative estimate of drug-likeness (QED) is 0.860. The summed E-state index contributed by atoms with van der Waals surface area (Å²) in [5.74, 6) is 1.23. The van der Waals surface area contributed by atoms with Gasteiger partial charge in [0.25, 0.3) is 0 Å². The first kappa shape index (κ1) is 14.8. The molecule has 1 atom stereocenters. The molecule has 20 heavy (non-hydrogen) atoms. The molecule has 5 nitrogen and oxygen atoms in total. The molecule has 2 aromatic rings. The van der Waals surface area contributed by atoms with E-state index >= 15 is 0 Å². The van der Waals surface area contributed by atoms with Crippen LogP contribution in [0.25, 0.3) is 11.2 Å². The molecule has 2 aromatic heterocycles. The van der Waals surface area contributed by atoms with Crippen LogP contribution in [0.15, 0.2) is 12.3 Å². The van der Waals surface area contributed by atoms with Crippen molar-refractivity contribution in [2.45, 2.75) is 33.2 Å². The molecule has 0 spiro atoms. The second kappa shape index (κ2) is 6.22. The second-order valence-electron chi connectivity index (χ2n) is 4.71. The maximum Gasteiger partial charge on any atom is 0.242 e. The van der Waals surface area contributed by atoms with E-state index in [0.29, 0.717) is 18.8 Å². The maximum absolute atomic E-state index is 12.1. The van der Waals surface area contributed by atoms with Gasteiger partial charge in [0.05, 0.1) is 0 Å². The standard InChI is InChI=1S/C14H19ClN4O/c1-4-16-14(20)10(3)19-11(5-7-15)18-12-9(2)6-8-17-13(12)19/h6,8,10H,4-5,7H2,1-3H3,(H,16,20). The molecule has 0 saturated carbocycles. The molecule has 0 aromatic carbocycles. The average Bonchev–Trinajstić information content (AvgIpc) is 2.78. The Morgan fingerprint density at radius 1 is 1.55 bits per heavy atom. The van der Waals surface area contributed by atoms with Gasteiger partial charge < -0.3 is 9.88 Å². The Balaban J connectivity index is 2.56. The SMILES string of the molecule is CCNC(=O)C(C)n1c(CCCl)nc2c(C)ccnc21. The Labute approximate surface area is 123 Å². The van der Waals surface area contributed by atoms with Crippen molar-refractivity contribution in [3.63, 3.8) is 0 Å². The van der Waals surface area contributed by atoms with Gasteiger partial charge in [0.2, 0.25) is 5.91 Å². The van der Waals surface area contributed by atoms with Gasteiger partial charge in [-0.25, -0.2) is 9.97 Å². The van der Waals surface area contributed by atoms with Gasteiger partial charge in [0, 0.05) is 25.0 Å². The van der Waals surface area contributed by atoms with E-state index in [4.69, 9.17) is 11.6 Å². The predicted octanol–water partition coefficient (Wildman–Crippen LogP) is 2.22. The van der Waals surface area contributed by atoms with E-state index < -0.39 is 0 Å². The van der Waals surface area contributed by atoms with Gasteiger partial charge in [0.15, 0.2) is 5.65 Å². The van der Waals surface area contributed by atoms with Crippen molar-refractivity contribution in [2.75, 3.05) is 12.4 Å². The molecule has 0 radical (unpaired) electrons. The first-order valence-electron chi connectivity index (χ1n) is 6.76. The van der Waals surface area contributed by atoms with E-state index in [0.717, 1.165) is 22.6 Å². The van der Waals surface area contributed by atoms with Crippen molar-refractivity contribution in [1.82, 2.24) is 19.9 Å². The number of rotatable bonds is 5. The van der Waals surface area contributed by atoms with Gasteiger partial charge in [0.1, 0.15) is 17.4 Å². The first-order chi connectivity index (χ1) is 9.60. The molecular formula is C14H19ClN4O. The van der Waals surface area contributed by atoms with Crippen molar-refractivity contribution in [3.05, 3.63) is 23.7 Å². The zero-order valence-electron chi connectivity index (χ0n) is 12.0. The van der Waals surface area contributed by atoms with Crippen LogP contribution < -0.4 is 5.32 Å². The molecule has 0 bridgehead atoms. The van der Waals surface area contributed by atoms with Crippen LogP contribution in [0.3, 0.4) is 0 Å². The molecule has 6 heteroatoms. The summed E-state index contributed by atoms with van der Waals surface area (Å²) in [5, 5.41) is 2.83. The van der Waals surface area contributed by atoms with Gasteiger partial charge >= 0.3 is 0 Å². The van der Waals surface area contributed by atoms with Gasteiger partial charge in [-0.05, 0) is 32.4 Å². The van der Waals surface area contributed by atoms with Crippen molar-refractivity contribution in [1.29, 1.82) is 0 Å². The third-order valence-corrected chi connectivity index (χ3v) is 3.48. The van der Waals surface area contributed by atoms with Crippen LogP contribution in [-0.2, 0) is 11.2 Å². The highest BCUT2D eigenvalue weighted by atomic mass is 35.5. The number of carbonyl (C=O) groups is 1. The number of halogens is 1. The lowest BCUT2D eigenvalue weighted by molar-refractivity contribution is -0.123. The Bertz CT molecular complexity index is 623. The van der Waals surface area contributed by atoms with E-state index in [1.165, 1.54) is 0 Å². The molecule has 0 aliphatic heterocycles. The number of imidazole rings is 1. The van der Waals surface area contributed by atoms with E-state index in [1.54, 1.807) is 6.20 Å². The predicted molar refractivity (Wildman–Crippen MR) is 80.1 cm³/mol. The fourth-order valence-electron chi connectivity index (χ4n) is 2.26. The summed E-state index contributed by atoms with van der Waals surface area (Å²) in [7, 11) is 0. The van der Waals surface area contributed by atoms with E-state index in [2.05, 4.69) is 15.3 Å². The number of hydrogen-bond acceptors (Lipinski definition) is 3. The molecule has 108 valence electrons. The molecule has 2 rings (SSSR count). The number of nitrogens with one attached hydrogen (secondary N) is 1. The number of aromatic nitrogens is 3. The van der Waals surface area contributed by atoms with Crippen LogP contribution in [0.5, 0.6) is 0 Å². The minimum atomic E-state index is -0.354. The fourth-order valence-corrected chi connectivity index (χ4v) is 2.43. The maximum atomic E-state index is 12.1. The number of aryl methyl sites for hydroxylation is 2. The summed E-state index contributed by atoms with van der Waals surface area (Å²) in [6, 6.07) is 1.56.